The second-order valence-electron chi connectivity index (χ2n) is 4.16. The molecule has 21 heavy (non-hydrogen) atoms. The summed E-state index contributed by atoms with van der Waals surface area (Å²) in [6.07, 6.45) is 1.18. The highest BCUT2D eigenvalue weighted by Crippen LogP contribution is 2.34. The first-order chi connectivity index (χ1) is 9.88. The fourth-order valence-electron chi connectivity index (χ4n) is 1.68. The molecule has 0 aromatic heterocycles. The maximum Gasteiger partial charge on any atom is 0.266 e. The number of aliphatic carboxylic acids is 1. The van der Waals surface area contributed by atoms with E-state index in [4.69, 9.17) is 23.8 Å². The molecule has 2 rings (SSSR count). The molecule has 1 saturated heterocycles. The number of carboxylic acid groups (broad SMARTS) is 1. The van der Waals surface area contributed by atoms with Crippen LogP contribution in [0.2, 0.25) is 5.02 Å². The van der Waals surface area contributed by atoms with Gasteiger partial charge in [0.05, 0.1) is 4.91 Å². The van der Waals surface area contributed by atoms with Crippen molar-refractivity contribution in [3.05, 3.63) is 33.7 Å². The third kappa shape index (κ3) is 3.75. The molecule has 5 nitrogen and oxygen atoms in total. The van der Waals surface area contributed by atoms with E-state index in [9.17, 15) is 19.8 Å². The lowest BCUT2D eigenvalue weighted by Crippen LogP contribution is -2.33. The van der Waals surface area contributed by atoms with Gasteiger partial charge >= 0.3 is 0 Å². The zero-order chi connectivity index (χ0) is 15.6. The topological polar surface area (TPSA) is 80.7 Å². The summed E-state index contributed by atoms with van der Waals surface area (Å²) >= 11 is 11.9. The van der Waals surface area contributed by atoms with Crippen LogP contribution < -0.4 is 5.11 Å². The minimum absolute atomic E-state index is 0.0144. The third-order valence-electron chi connectivity index (χ3n) is 2.69. The largest absolute Gasteiger partial charge is 0.550 e. The lowest BCUT2D eigenvalue weighted by molar-refractivity contribution is -0.305. The molecule has 1 aliphatic rings. The van der Waals surface area contributed by atoms with E-state index in [1.807, 2.05) is 0 Å². The Bertz CT molecular complexity index is 660. The molecular formula is C13H9ClNO4S2-. The van der Waals surface area contributed by atoms with Crippen LogP contribution in [0.15, 0.2) is 23.1 Å². The number of thioether (sulfide) groups is 1. The number of aromatic hydroxyl groups is 1. The Morgan fingerprint density at radius 2 is 2.24 bits per heavy atom. The van der Waals surface area contributed by atoms with Gasteiger partial charge in [0.25, 0.3) is 5.91 Å². The van der Waals surface area contributed by atoms with E-state index in [2.05, 4.69) is 0 Å². The Labute approximate surface area is 135 Å². The number of hydrogen-bond acceptors (Lipinski definition) is 6. The lowest BCUT2D eigenvalue weighted by Gasteiger charge is -2.14. The average molecular weight is 343 g/mol. The number of rotatable bonds is 4. The summed E-state index contributed by atoms with van der Waals surface area (Å²) in [5, 5.41) is 20.6. The number of phenols is 1. The van der Waals surface area contributed by atoms with Crippen molar-refractivity contribution in [3.63, 3.8) is 0 Å². The summed E-state index contributed by atoms with van der Waals surface area (Å²) in [7, 11) is 0. The van der Waals surface area contributed by atoms with Crippen LogP contribution in [-0.2, 0) is 9.59 Å². The van der Waals surface area contributed by atoms with Gasteiger partial charge in [-0.1, -0.05) is 35.6 Å². The van der Waals surface area contributed by atoms with Crippen LogP contribution in [0, 0.1) is 0 Å². The summed E-state index contributed by atoms with van der Waals surface area (Å²) in [6.45, 7) is -0.0358. The molecule has 0 aliphatic carbocycles. The van der Waals surface area contributed by atoms with Crippen LogP contribution in [-0.4, -0.2) is 32.7 Å². The zero-order valence-electron chi connectivity index (χ0n) is 10.5. The molecule has 110 valence electrons. The highest BCUT2D eigenvalue weighted by molar-refractivity contribution is 8.26. The Balaban J connectivity index is 2.23. The average Bonchev–Trinajstić information content (AvgIpc) is 2.66. The van der Waals surface area contributed by atoms with E-state index in [0.717, 1.165) is 11.8 Å². The molecule has 0 spiro atoms. The first-order valence-corrected chi connectivity index (χ1v) is 7.42. The zero-order valence-corrected chi connectivity index (χ0v) is 12.9. The van der Waals surface area contributed by atoms with E-state index in [1.165, 1.54) is 29.2 Å². The van der Waals surface area contributed by atoms with Crippen LogP contribution in [0.25, 0.3) is 6.08 Å². The second-order valence-corrected chi connectivity index (χ2v) is 6.27. The Kier molecular flexibility index (Phi) is 4.87. The standard InChI is InChI=1S/C13H10ClNO4S2/c14-8-1-2-9(16)7(5-8)6-10-12(19)15(13(20)21-10)4-3-11(17)18/h1-2,5-6,16H,3-4H2,(H,17,18)/p-1/b10-6+. The molecule has 8 heteroatoms. The van der Waals surface area contributed by atoms with Crippen molar-refractivity contribution in [1.82, 2.24) is 4.90 Å². The Morgan fingerprint density at radius 1 is 1.52 bits per heavy atom. The summed E-state index contributed by atoms with van der Waals surface area (Å²) in [6, 6.07) is 4.47. The van der Waals surface area contributed by atoms with Gasteiger partial charge in [-0.25, -0.2) is 0 Å². The number of amides is 1. The van der Waals surface area contributed by atoms with Gasteiger partial charge in [0.2, 0.25) is 0 Å². The van der Waals surface area contributed by atoms with Gasteiger partial charge in [-0.3, -0.25) is 9.69 Å². The SMILES string of the molecule is O=C([O-])CCN1C(=O)/C(=C\c2cc(Cl)ccc2O)SC1=S. The Morgan fingerprint density at radius 3 is 2.90 bits per heavy atom. The van der Waals surface area contributed by atoms with Gasteiger partial charge in [0, 0.05) is 29.5 Å². The number of carbonyl (C=O) groups is 2. The van der Waals surface area contributed by atoms with E-state index in [0.29, 0.717) is 15.5 Å². The quantitative estimate of drug-likeness (QED) is 0.658. The molecular weight excluding hydrogens is 334 g/mol. The molecule has 0 bridgehead atoms. The predicted molar refractivity (Wildman–Crippen MR) is 82.6 cm³/mol. The number of thiocarbonyl (C=S) groups is 1. The van der Waals surface area contributed by atoms with Crippen molar-refractivity contribution in [2.24, 2.45) is 0 Å². The maximum absolute atomic E-state index is 12.2. The number of phenolic OH excluding ortho intramolecular Hbond substituents is 1. The number of carbonyl (C=O) groups excluding carboxylic acids is 2. The van der Waals surface area contributed by atoms with E-state index >= 15 is 0 Å². The van der Waals surface area contributed by atoms with Crippen molar-refractivity contribution in [3.8, 4) is 5.75 Å². The summed E-state index contributed by atoms with van der Waals surface area (Å²) < 4.78 is 0.272. The minimum Gasteiger partial charge on any atom is -0.550 e. The van der Waals surface area contributed by atoms with E-state index < -0.39 is 11.9 Å². The van der Waals surface area contributed by atoms with Crippen LogP contribution in [0.3, 0.4) is 0 Å². The van der Waals surface area contributed by atoms with Crippen molar-refractivity contribution < 1.29 is 19.8 Å². The van der Waals surface area contributed by atoms with E-state index in [1.54, 1.807) is 0 Å². The van der Waals surface area contributed by atoms with Gasteiger partial charge in [-0.15, -0.1) is 0 Å². The molecule has 0 unspecified atom stereocenters. The fourth-order valence-corrected chi connectivity index (χ4v) is 3.16. The molecule has 0 saturated carbocycles. The lowest BCUT2D eigenvalue weighted by atomic mass is 10.2. The number of nitrogens with zero attached hydrogens (tertiary/aromatic N) is 1. The molecule has 1 aliphatic heterocycles. The molecule has 1 aromatic carbocycles. The van der Waals surface area contributed by atoms with Gasteiger partial charge in [-0.2, -0.15) is 0 Å². The smallest absolute Gasteiger partial charge is 0.266 e. The maximum atomic E-state index is 12.2. The Hall–Kier alpha value is -1.57. The molecule has 1 aromatic rings. The molecule has 1 heterocycles. The molecule has 0 radical (unpaired) electrons. The first-order valence-electron chi connectivity index (χ1n) is 5.82. The van der Waals surface area contributed by atoms with Gasteiger partial charge in [0.1, 0.15) is 10.1 Å². The van der Waals surface area contributed by atoms with Gasteiger partial charge < -0.3 is 15.0 Å². The number of hydrogen-bond donors (Lipinski definition) is 1. The second kappa shape index (κ2) is 6.46. The molecule has 1 fully saturated rings. The number of benzene rings is 1. The fraction of sp³-hybridized carbons (Fsp3) is 0.154. The number of halogens is 1. The third-order valence-corrected chi connectivity index (χ3v) is 4.30. The molecule has 0 atom stereocenters. The van der Waals surface area contributed by atoms with Gasteiger partial charge in [-0.05, 0) is 24.3 Å². The number of carboxylic acids is 1. The van der Waals surface area contributed by atoms with Crippen LogP contribution in [0.4, 0.5) is 0 Å². The van der Waals surface area contributed by atoms with Crippen molar-refractivity contribution in [2.75, 3.05) is 6.54 Å². The van der Waals surface area contributed by atoms with Crippen LogP contribution in [0.5, 0.6) is 5.75 Å². The van der Waals surface area contributed by atoms with Crippen molar-refractivity contribution in [1.29, 1.82) is 0 Å². The van der Waals surface area contributed by atoms with E-state index in [-0.39, 0.29) is 23.0 Å². The minimum atomic E-state index is -1.25. The summed E-state index contributed by atoms with van der Waals surface area (Å²) in [5.41, 5.74) is 0.392. The van der Waals surface area contributed by atoms with Crippen LogP contribution in [0.1, 0.15) is 12.0 Å². The van der Waals surface area contributed by atoms with Gasteiger partial charge in [0.15, 0.2) is 0 Å². The monoisotopic (exact) mass is 342 g/mol. The molecule has 1 amide bonds. The highest BCUT2D eigenvalue weighted by atomic mass is 35.5. The first kappa shape index (κ1) is 15.8. The van der Waals surface area contributed by atoms with Crippen molar-refractivity contribution >= 4 is 57.9 Å². The predicted octanol–water partition coefficient (Wildman–Crippen LogP) is 1.39. The highest BCUT2D eigenvalue weighted by Gasteiger charge is 2.31. The van der Waals surface area contributed by atoms with Crippen LogP contribution >= 0.6 is 35.6 Å². The van der Waals surface area contributed by atoms with Crippen molar-refractivity contribution in [2.45, 2.75) is 6.42 Å². The normalized spacial score (nSPS) is 16.8. The summed E-state index contributed by atoms with van der Waals surface area (Å²) in [5.74, 6) is -1.66. The molecule has 1 N–H and O–H groups in total. The summed E-state index contributed by atoms with van der Waals surface area (Å²) in [4.78, 5) is 24.1.